The molecule has 6 nitrogen and oxygen atoms in total. The van der Waals surface area contributed by atoms with Crippen LogP contribution in [0.4, 0.5) is 0 Å². The van der Waals surface area contributed by atoms with Crippen LogP contribution < -0.4 is 0 Å². The summed E-state index contributed by atoms with van der Waals surface area (Å²) in [5, 5.41) is 0. The Kier molecular flexibility index (Phi) is 61.8. The lowest BCUT2D eigenvalue weighted by molar-refractivity contribution is -0.167. The molecule has 0 aromatic heterocycles. The highest BCUT2D eigenvalue weighted by Gasteiger charge is 2.19. The fourth-order valence-electron chi connectivity index (χ4n) is 8.88. The molecule has 0 aliphatic carbocycles. The summed E-state index contributed by atoms with van der Waals surface area (Å²) in [5.74, 6) is -0.940. The topological polar surface area (TPSA) is 78.9 Å². The van der Waals surface area contributed by atoms with Crippen LogP contribution in [0.1, 0.15) is 297 Å². The van der Waals surface area contributed by atoms with Crippen LogP contribution in [0.2, 0.25) is 0 Å². The molecule has 6 heteroatoms. The van der Waals surface area contributed by atoms with E-state index in [1.807, 2.05) is 0 Å². The minimum atomic E-state index is -0.794. The van der Waals surface area contributed by atoms with E-state index in [4.69, 9.17) is 14.2 Å². The predicted octanol–water partition coefficient (Wildman–Crippen LogP) is 22.4. The fraction of sp³-hybridized carbons (Fsp3) is 0.681. The molecule has 0 heterocycles. The van der Waals surface area contributed by atoms with E-state index in [9.17, 15) is 14.4 Å². The fourth-order valence-corrected chi connectivity index (χ4v) is 8.88. The van der Waals surface area contributed by atoms with Crippen LogP contribution in [-0.4, -0.2) is 37.2 Å². The first-order valence-corrected chi connectivity index (χ1v) is 32.5. The van der Waals surface area contributed by atoms with E-state index in [-0.39, 0.29) is 31.1 Å². The number of hydrogen-bond donors (Lipinski definition) is 0. The van der Waals surface area contributed by atoms with E-state index in [1.54, 1.807) is 0 Å². The second-order valence-electron chi connectivity index (χ2n) is 21.3. The molecule has 0 aromatic rings. The summed E-state index contributed by atoms with van der Waals surface area (Å²) < 4.78 is 16.8. The van der Waals surface area contributed by atoms with Gasteiger partial charge in [-0.1, -0.05) is 303 Å². The van der Waals surface area contributed by atoms with Crippen molar-refractivity contribution in [3.05, 3.63) is 122 Å². The Labute approximate surface area is 482 Å². The van der Waals surface area contributed by atoms with Gasteiger partial charge < -0.3 is 14.2 Å². The van der Waals surface area contributed by atoms with Crippen molar-refractivity contribution in [3.8, 4) is 0 Å². The van der Waals surface area contributed by atoms with Crippen molar-refractivity contribution in [2.45, 2.75) is 303 Å². The molecule has 0 radical (unpaired) electrons. The number of rotatable bonds is 58. The third kappa shape index (κ3) is 62.7. The number of unbranched alkanes of at least 4 members (excludes halogenated alkanes) is 27. The number of ether oxygens (including phenoxy) is 3. The largest absolute Gasteiger partial charge is 0.462 e. The number of carbonyl (C=O) groups excluding carboxylic acids is 3. The Balaban J connectivity index is 4.19. The van der Waals surface area contributed by atoms with Crippen molar-refractivity contribution >= 4 is 17.9 Å². The van der Waals surface area contributed by atoms with Gasteiger partial charge in [-0.3, -0.25) is 14.4 Å². The van der Waals surface area contributed by atoms with Crippen LogP contribution in [0, 0.1) is 0 Å². The summed E-state index contributed by atoms with van der Waals surface area (Å²) in [6.07, 6.45) is 91.1. The Morgan fingerprint density at radius 3 is 0.782 bits per heavy atom. The molecule has 0 rings (SSSR count). The molecule has 0 N–H and O–H groups in total. The van der Waals surface area contributed by atoms with E-state index in [0.29, 0.717) is 19.3 Å². The zero-order valence-corrected chi connectivity index (χ0v) is 50.9. The van der Waals surface area contributed by atoms with Crippen molar-refractivity contribution in [2.75, 3.05) is 13.2 Å². The minimum absolute atomic E-state index is 0.0911. The number of allylic oxidation sites excluding steroid dienone is 20. The van der Waals surface area contributed by atoms with Crippen LogP contribution in [0.3, 0.4) is 0 Å². The van der Waals surface area contributed by atoms with Crippen LogP contribution in [0.5, 0.6) is 0 Å². The van der Waals surface area contributed by atoms with E-state index in [1.165, 1.54) is 135 Å². The molecule has 0 aliphatic heterocycles. The van der Waals surface area contributed by atoms with Gasteiger partial charge in [-0.15, -0.1) is 0 Å². The highest BCUT2D eigenvalue weighted by Crippen LogP contribution is 2.16. The highest BCUT2D eigenvalue weighted by atomic mass is 16.6. The van der Waals surface area contributed by atoms with Gasteiger partial charge in [0.1, 0.15) is 13.2 Å². The maximum Gasteiger partial charge on any atom is 0.306 e. The average Bonchev–Trinajstić information content (AvgIpc) is 3.44. The summed E-state index contributed by atoms with van der Waals surface area (Å²) in [4.78, 5) is 38.0. The van der Waals surface area contributed by atoms with Crippen molar-refractivity contribution in [1.29, 1.82) is 0 Å². The van der Waals surface area contributed by atoms with Gasteiger partial charge in [0.25, 0.3) is 0 Å². The molecule has 1 unspecified atom stereocenters. The summed E-state index contributed by atoms with van der Waals surface area (Å²) in [7, 11) is 0. The van der Waals surface area contributed by atoms with E-state index >= 15 is 0 Å². The Hall–Kier alpha value is -4.19. The molecule has 0 saturated carbocycles. The summed E-state index contributed by atoms with van der Waals surface area (Å²) in [6.45, 7) is 6.45. The van der Waals surface area contributed by atoms with Crippen molar-refractivity contribution in [3.63, 3.8) is 0 Å². The van der Waals surface area contributed by atoms with Crippen molar-refractivity contribution in [1.82, 2.24) is 0 Å². The lowest BCUT2D eigenvalue weighted by Gasteiger charge is -2.18. The number of hydrogen-bond acceptors (Lipinski definition) is 6. The maximum absolute atomic E-state index is 12.8. The van der Waals surface area contributed by atoms with Gasteiger partial charge in [-0.2, -0.15) is 0 Å². The molecular weight excluding hydrogens is 961 g/mol. The summed E-state index contributed by atoms with van der Waals surface area (Å²) in [5.41, 5.74) is 0. The quantitative estimate of drug-likeness (QED) is 0.0261. The lowest BCUT2D eigenvalue weighted by atomic mass is 10.0. The molecule has 0 aliphatic rings. The summed E-state index contributed by atoms with van der Waals surface area (Å²) >= 11 is 0. The van der Waals surface area contributed by atoms with Crippen LogP contribution >= 0.6 is 0 Å². The molecule has 78 heavy (non-hydrogen) atoms. The van der Waals surface area contributed by atoms with Crippen molar-refractivity contribution < 1.29 is 28.6 Å². The maximum atomic E-state index is 12.8. The monoisotopic (exact) mass is 1080 g/mol. The zero-order chi connectivity index (χ0) is 56.4. The van der Waals surface area contributed by atoms with Gasteiger partial charge >= 0.3 is 17.9 Å². The first kappa shape index (κ1) is 73.8. The second kappa shape index (κ2) is 65.3. The molecule has 0 saturated heterocycles. The first-order valence-electron chi connectivity index (χ1n) is 32.5. The first-order chi connectivity index (χ1) is 38.5. The van der Waals surface area contributed by atoms with Gasteiger partial charge in [0.2, 0.25) is 0 Å². The SMILES string of the molecule is CC/C=C\C/C=C\C/C=C\C/C=C\C/C=C\C/C=C\C/C=C\C/C=C\C/C=C\C/C=C\CCCCC(=O)OCC(COC(=O)CCCCCCCC)OC(=O)CCCCCCCCCCCCCCCCCCCCCCC. The van der Waals surface area contributed by atoms with Gasteiger partial charge in [0.15, 0.2) is 6.10 Å². The smallest absolute Gasteiger partial charge is 0.306 e. The predicted molar refractivity (Wildman–Crippen MR) is 339 cm³/mol. The average molecular weight is 1080 g/mol. The molecular formula is C72H120O6. The Morgan fingerprint density at radius 1 is 0.269 bits per heavy atom. The van der Waals surface area contributed by atoms with Gasteiger partial charge in [-0.25, -0.2) is 0 Å². The molecule has 0 fully saturated rings. The zero-order valence-electron chi connectivity index (χ0n) is 50.9. The van der Waals surface area contributed by atoms with Crippen molar-refractivity contribution in [2.24, 2.45) is 0 Å². The second-order valence-corrected chi connectivity index (χ2v) is 21.3. The third-order valence-electron chi connectivity index (χ3n) is 13.7. The van der Waals surface area contributed by atoms with Crippen LogP contribution in [0.15, 0.2) is 122 Å². The van der Waals surface area contributed by atoms with E-state index < -0.39 is 6.10 Å². The molecule has 444 valence electrons. The molecule has 1 atom stereocenters. The van der Waals surface area contributed by atoms with Crippen LogP contribution in [-0.2, 0) is 28.6 Å². The van der Waals surface area contributed by atoms with E-state index in [0.717, 1.165) is 122 Å². The van der Waals surface area contributed by atoms with Crippen LogP contribution in [0.25, 0.3) is 0 Å². The molecule has 0 spiro atoms. The number of carbonyl (C=O) groups is 3. The Bertz CT molecular complexity index is 1620. The standard InChI is InChI=1S/C72H120O6/c1-4-7-10-13-16-18-20-22-24-26-28-30-31-32-33-34-35-36-37-38-39-40-41-43-44-46-48-50-52-54-56-59-62-65-71(74)77-68-69(67-76-70(73)64-61-58-15-12-9-6-3)78-72(75)66-63-60-57-55-53-51-49-47-45-42-29-27-25-23-21-19-17-14-11-8-5-2/h7,10,16,18,22,24,28,30,32-33,35-36,38-39,41,43,46,48,52,54,69H,4-6,8-9,11-15,17,19-21,23,25-27,29,31,34,37,40,42,44-45,47,49-51,53,55-68H2,1-3H3/b10-7-,18-16-,24-22-,30-28-,33-32-,36-35-,39-38-,43-41-,48-46-,54-52-. The van der Waals surface area contributed by atoms with Gasteiger partial charge in [-0.05, 0) is 96.3 Å². The molecule has 0 amide bonds. The van der Waals surface area contributed by atoms with Gasteiger partial charge in [0, 0.05) is 19.3 Å². The normalized spacial score (nSPS) is 12.9. The number of esters is 3. The third-order valence-corrected chi connectivity index (χ3v) is 13.7. The Morgan fingerprint density at radius 2 is 0.500 bits per heavy atom. The van der Waals surface area contributed by atoms with Gasteiger partial charge in [0.05, 0.1) is 0 Å². The highest BCUT2D eigenvalue weighted by molar-refractivity contribution is 5.71. The summed E-state index contributed by atoms with van der Waals surface area (Å²) in [6, 6.07) is 0. The molecule has 0 bridgehead atoms. The lowest BCUT2D eigenvalue weighted by Crippen LogP contribution is -2.30. The van der Waals surface area contributed by atoms with E-state index in [2.05, 4.69) is 142 Å². The molecule has 0 aromatic carbocycles. The minimum Gasteiger partial charge on any atom is -0.462 e.